The van der Waals surface area contributed by atoms with Crippen LogP contribution in [0.4, 0.5) is 0 Å². The van der Waals surface area contributed by atoms with E-state index in [1.807, 2.05) is 44.2 Å². The largest absolute Gasteiger partial charge is 0.375 e. The number of hydrogen-bond acceptors (Lipinski definition) is 5. The van der Waals surface area contributed by atoms with E-state index in [1.165, 1.54) is 24.3 Å². The van der Waals surface area contributed by atoms with Gasteiger partial charge in [-0.05, 0) is 56.5 Å². The summed E-state index contributed by atoms with van der Waals surface area (Å²) in [5, 5.41) is 0. The van der Waals surface area contributed by atoms with Gasteiger partial charge in [0.1, 0.15) is 0 Å². The van der Waals surface area contributed by atoms with Crippen molar-refractivity contribution in [3.8, 4) is 0 Å². The molecule has 0 saturated carbocycles. The second-order valence-electron chi connectivity index (χ2n) is 7.70. The molecule has 158 valence electrons. The fraction of sp³-hybridized carbons (Fsp3) is 0.400. The van der Waals surface area contributed by atoms with Crippen molar-refractivity contribution in [2.75, 3.05) is 6.61 Å². The van der Waals surface area contributed by atoms with Gasteiger partial charge in [0.05, 0.1) is 15.4 Å². The van der Waals surface area contributed by atoms with Crippen molar-refractivity contribution in [3.05, 3.63) is 60.2 Å². The van der Waals surface area contributed by atoms with Crippen molar-refractivity contribution in [1.82, 2.24) is 9.44 Å². The maximum Gasteiger partial charge on any atom is 0.240 e. The highest BCUT2D eigenvalue weighted by Crippen LogP contribution is 2.25. The predicted octanol–water partition coefficient (Wildman–Crippen LogP) is 2.40. The Bertz CT molecular complexity index is 1030. The molecule has 0 aromatic heterocycles. The van der Waals surface area contributed by atoms with E-state index in [0.29, 0.717) is 19.4 Å². The van der Waals surface area contributed by atoms with Gasteiger partial charge in [0, 0.05) is 19.2 Å². The fourth-order valence-electron chi connectivity index (χ4n) is 3.28. The van der Waals surface area contributed by atoms with Gasteiger partial charge < -0.3 is 4.74 Å². The summed E-state index contributed by atoms with van der Waals surface area (Å²) in [4.78, 5) is 0.0448. The molecule has 3 rings (SSSR count). The first-order valence-corrected chi connectivity index (χ1v) is 12.3. The molecule has 0 spiro atoms. The van der Waals surface area contributed by atoms with Crippen molar-refractivity contribution in [2.45, 2.75) is 54.7 Å². The SMILES string of the molecule is CC1(C)CC(NS(=O)(=O)c2ccc(S(=O)(=O)NCc3ccccc3)cc2)CCO1. The molecule has 2 aromatic rings. The zero-order valence-corrected chi connectivity index (χ0v) is 18.1. The van der Waals surface area contributed by atoms with Crippen LogP contribution in [0.2, 0.25) is 0 Å². The van der Waals surface area contributed by atoms with Crippen LogP contribution in [-0.4, -0.2) is 35.1 Å². The summed E-state index contributed by atoms with van der Waals surface area (Å²) in [5.74, 6) is 0. The number of rotatable bonds is 7. The van der Waals surface area contributed by atoms with Crippen LogP contribution >= 0.6 is 0 Å². The Balaban J connectivity index is 1.68. The highest BCUT2D eigenvalue weighted by Gasteiger charge is 2.31. The third kappa shape index (κ3) is 5.86. The lowest BCUT2D eigenvalue weighted by Gasteiger charge is -2.35. The first-order chi connectivity index (χ1) is 13.6. The molecule has 0 bridgehead atoms. The Morgan fingerprint density at radius 2 is 1.52 bits per heavy atom. The molecule has 1 aliphatic rings. The van der Waals surface area contributed by atoms with Crippen molar-refractivity contribution in [2.24, 2.45) is 0 Å². The summed E-state index contributed by atoms with van der Waals surface area (Å²) in [6, 6.07) is 14.2. The van der Waals surface area contributed by atoms with Crippen LogP contribution in [0, 0.1) is 0 Å². The van der Waals surface area contributed by atoms with Crippen LogP contribution in [0.3, 0.4) is 0 Å². The maximum absolute atomic E-state index is 12.7. The van der Waals surface area contributed by atoms with Gasteiger partial charge in [-0.2, -0.15) is 0 Å². The second kappa shape index (κ2) is 8.53. The van der Waals surface area contributed by atoms with Crippen molar-refractivity contribution >= 4 is 20.0 Å². The van der Waals surface area contributed by atoms with Gasteiger partial charge in [0.25, 0.3) is 0 Å². The van der Waals surface area contributed by atoms with Crippen molar-refractivity contribution in [3.63, 3.8) is 0 Å². The molecular formula is C20H26N2O5S2. The highest BCUT2D eigenvalue weighted by atomic mass is 32.2. The Kier molecular flexibility index (Phi) is 6.45. The van der Waals surface area contributed by atoms with Crippen LogP contribution in [0.15, 0.2) is 64.4 Å². The standard InChI is InChI=1S/C20H26N2O5S2/c1-20(2)14-17(12-13-27-20)22-29(25,26)19-10-8-18(9-11-19)28(23,24)21-15-16-6-4-3-5-7-16/h3-11,17,21-22H,12-15H2,1-2H3. The molecule has 7 nitrogen and oxygen atoms in total. The average Bonchev–Trinajstić information content (AvgIpc) is 2.66. The Labute approximate surface area is 172 Å². The Morgan fingerprint density at radius 3 is 2.10 bits per heavy atom. The molecule has 1 saturated heterocycles. The maximum atomic E-state index is 12.7. The van der Waals surface area contributed by atoms with E-state index in [0.717, 1.165) is 5.56 Å². The minimum absolute atomic E-state index is 0.0135. The molecule has 2 aromatic carbocycles. The first kappa shape index (κ1) is 21.9. The van der Waals surface area contributed by atoms with E-state index in [9.17, 15) is 16.8 Å². The summed E-state index contributed by atoms with van der Waals surface area (Å²) < 4.78 is 61.1. The van der Waals surface area contributed by atoms with Crippen LogP contribution in [0.1, 0.15) is 32.3 Å². The molecule has 0 amide bonds. The Hall–Kier alpha value is -1.78. The molecule has 0 radical (unpaired) electrons. The van der Waals surface area contributed by atoms with Gasteiger partial charge in [-0.3, -0.25) is 0 Å². The summed E-state index contributed by atoms with van der Waals surface area (Å²) in [5.41, 5.74) is 0.451. The molecule has 1 aliphatic heterocycles. The molecule has 1 unspecified atom stereocenters. The third-order valence-corrected chi connectivity index (χ3v) is 7.73. The molecule has 1 atom stereocenters. The van der Waals surface area contributed by atoms with Gasteiger partial charge in [0.15, 0.2) is 0 Å². The molecule has 2 N–H and O–H groups in total. The highest BCUT2D eigenvalue weighted by molar-refractivity contribution is 7.90. The van der Waals surface area contributed by atoms with Crippen molar-refractivity contribution < 1.29 is 21.6 Å². The molecule has 1 fully saturated rings. The van der Waals surface area contributed by atoms with Crippen LogP contribution < -0.4 is 9.44 Å². The van der Waals surface area contributed by atoms with Gasteiger partial charge in [-0.25, -0.2) is 26.3 Å². The van der Waals surface area contributed by atoms with E-state index >= 15 is 0 Å². The summed E-state index contributed by atoms with van der Waals surface area (Å²) in [7, 11) is -7.49. The number of sulfonamides is 2. The zero-order valence-electron chi connectivity index (χ0n) is 16.5. The lowest BCUT2D eigenvalue weighted by molar-refractivity contribution is -0.0599. The normalized spacial score (nSPS) is 19.7. The quantitative estimate of drug-likeness (QED) is 0.691. The smallest absolute Gasteiger partial charge is 0.240 e. The fourth-order valence-corrected chi connectivity index (χ4v) is 5.56. The van der Waals surface area contributed by atoms with Crippen LogP contribution in [-0.2, 0) is 31.3 Å². The van der Waals surface area contributed by atoms with E-state index in [4.69, 9.17) is 4.74 Å². The monoisotopic (exact) mass is 438 g/mol. The van der Waals surface area contributed by atoms with E-state index < -0.39 is 20.0 Å². The minimum atomic E-state index is -3.75. The molecular weight excluding hydrogens is 412 g/mol. The van der Waals surface area contributed by atoms with Gasteiger partial charge >= 0.3 is 0 Å². The average molecular weight is 439 g/mol. The number of benzene rings is 2. The first-order valence-electron chi connectivity index (χ1n) is 9.37. The van der Waals surface area contributed by atoms with E-state index in [-0.39, 0.29) is 28.0 Å². The molecule has 0 aliphatic carbocycles. The number of nitrogens with one attached hydrogen (secondary N) is 2. The van der Waals surface area contributed by atoms with E-state index in [2.05, 4.69) is 9.44 Å². The van der Waals surface area contributed by atoms with Gasteiger partial charge in [0.2, 0.25) is 20.0 Å². The summed E-state index contributed by atoms with van der Waals surface area (Å²) >= 11 is 0. The zero-order chi connectivity index (χ0) is 21.1. The van der Waals surface area contributed by atoms with Crippen LogP contribution in [0.5, 0.6) is 0 Å². The summed E-state index contributed by atoms with van der Waals surface area (Å²) in [6.07, 6.45) is 1.17. The number of hydrogen-bond donors (Lipinski definition) is 2. The van der Waals surface area contributed by atoms with Crippen LogP contribution in [0.25, 0.3) is 0 Å². The molecule has 29 heavy (non-hydrogen) atoms. The number of ether oxygens (including phenoxy) is 1. The molecule has 1 heterocycles. The predicted molar refractivity (Wildman–Crippen MR) is 110 cm³/mol. The Morgan fingerprint density at radius 1 is 0.931 bits per heavy atom. The van der Waals surface area contributed by atoms with Gasteiger partial charge in [-0.1, -0.05) is 30.3 Å². The third-order valence-electron chi connectivity index (χ3n) is 4.77. The topological polar surface area (TPSA) is 102 Å². The lowest BCUT2D eigenvalue weighted by atomic mass is 9.95. The summed E-state index contributed by atoms with van der Waals surface area (Å²) in [6.45, 7) is 4.50. The van der Waals surface area contributed by atoms with E-state index in [1.54, 1.807) is 0 Å². The lowest BCUT2D eigenvalue weighted by Crippen LogP contribution is -2.45. The molecule has 9 heteroatoms. The minimum Gasteiger partial charge on any atom is -0.375 e. The second-order valence-corrected chi connectivity index (χ2v) is 11.2. The van der Waals surface area contributed by atoms with Gasteiger partial charge in [-0.15, -0.1) is 0 Å². The van der Waals surface area contributed by atoms with Crippen molar-refractivity contribution in [1.29, 1.82) is 0 Å².